The fourth-order valence-electron chi connectivity index (χ4n) is 6.13. The molecule has 2 unspecified atom stereocenters. The molecule has 4 atom stereocenters. The number of hydrogen-bond acceptors (Lipinski definition) is 5. The SMILES string of the molecule is C[N+](C)(Cc1ccccc1)C1C2CC[C@@H]1[C@H](OC(=O)C(O)(c1cccs1)c1cccs1)C2. The average molecular weight is 469 g/mol. The van der Waals surface area contributed by atoms with Crippen molar-refractivity contribution in [2.75, 3.05) is 14.1 Å². The van der Waals surface area contributed by atoms with E-state index in [-0.39, 0.29) is 6.10 Å². The molecule has 2 heterocycles. The summed E-state index contributed by atoms with van der Waals surface area (Å²) in [6.45, 7) is 0.966. The summed E-state index contributed by atoms with van der Waals surface area (Å²) in [5.41, 5.74) is -0.393. The molecule has 2 aliphatic rings. The van der Waals surface area contributed by atoms with Crippen molar-refractivity contribution in [1.29, 1.82) is 0 Å². The van der Waals surface area contributed by atoms with Crippen LogP contribution in [-0.4, -0.2) is 41.8 Å². The molecule has 3 aromatic rings. The lowest BCUT2D eigenvalue weighted by Gasteiger charge is -2.39. The molecule has 2 aromatic heterocycles. The van der Waals surface area contributed by atoms with Gasteiger partial charge in [0.2, 0.25) is 5.60 Å². The number of esters is 1. The Kier molecular flexibility index (Phi) is 5.74. The van der Waals surface area contributed by atoms with Gasteiger partial charge in [-0.1, -0.05) is 42.5 Å². The molecule has 0 amide bonds. The van der Waals surface area contributed by atoms with Gasteiger partial charge < -0.3 is 14.3 Å². The van der Waals surface area contributed by atoms with Gasteiger partial charge in [-0.25, -0.2) is 4.79 Å². The van der Waals surface area contributed by atoms with E-state index in [1.807, 2.05) is 35.0 Å². The third kappa shape index (κ3) is 3.73. The first kappa shape index (κ1) is 21.8. The fourth-order valence-corrected chi connectivity index (χ4v) is 7.85. The second-order valence-corrected chi connectivity index (χ2v) is 11.7. The minimum Gasteiger partial charge on any atom is -0.459 e. The molecule has 1 N–H and O–H groups in total. The Balaban J connectivity index is 1.36. The molecule has 0 aliphatic heterocycles. The minimum atomic E-state index is -1.73. The molecule has 6 heteroatoms. The van der Waals surface area contributed by atoms with Crippen LogP contribution >= 0.6 is 22.7 Å². The number of hydrogen-bond donors (Lipinski definition) is 1. The van der Waals surface area contributed by atoms with Crippen LogP contribution in [0.4, 0.5) is 0 Å². The van der Waals surface area contributed by atoms with Crippen LogP contribution in [-0.2, 0) is 21.7 Å². The Morgan fingerprint density at radius 2 is 1.69 bits per heavy atom. The highest BCUT2D eigenvalue weighted by Gasteiger charge is 2.58. The van der Waals surface area contributed by atoms with E-state index in [2.05, 4.69) is 44.4 Å². The van der Waals surface area contributed by atoms with Crippen LogP contribution in [0.5, 0.6) is 0 Å². The van der Waals surface area contributed by atoms with E-state index >= 15 is 0 Å². The summed E-state index contributed by atoms with van der Waals surface area (Å²) in [6, 6.07) is 18.5. The lowest BCUT2D eigenvalue weighted by atomic mass is 9.96. The highest BCUT2D eigenvalue weighted by Crippen LogP contribution is 2.51. The molecular weight excluding hydrogens is 438 g/mol. The van der Waals surface area contributed by atoms with Crippen LogP contribution in [0, 0.1) is 11.8 Å². The van der Waals surface area contributed by atoms with Crippen LogP contribution in [0.2, 0.25) is 0 Å². The number of benzene rings is 1. The quantitative estimate of drug-likeness (QED) is 0.391. The zero-order valence-corrected chi connectivity index (χ0v) is 20.1. The number of thiophene rings is 2. The molecule has 2 bridgehead atoms. The van der Waals surface area contributed by atoms with Crippen molar-refractivity contribution >= 4 is 28.6 Å². The third-order valence-electron chi connectivity index (χ3n) is 7.35. The molecule has 168 valence electrons. The van der Waals surface area contributed by atoms with Gasteiger partial charge in [-0.05, 0) is 42.2 Å². The maximum Gasteiger partial charge on any atom is 0.349 e. The van der Waals surface area contributed by atoms with Crippen molar-refractivity contribution in [2.24, 2.45) is 11.8 Å². The second kappa shape index (κ2) is 8.41. The molecule has 32 heavy (non-hydrogen) atoms. The smallest absolute Gasteiger partial charge is 0.349 e. The summed E-state index contributed by atoms with van der Waals surface area (Å²) in [5, 5.41) is 15.4. The largest absolute Gasteiger partial charge is 0.459 e. The van der Waals surface area contributed by atoms with Crippen molar-refractivity contribution in [3.05, 3.63) is 80.7 Å². The van der Waals surface area contributed by atoms with Crippen molar-refractivity contribution in [3.8, 4) is 0 Å². The van der Waals surface area contributed by atoms with E-state index in [0.717, 1.165) is 23.9 Å². The number of fused-ring (bicyclic) bond motifs is 2. The number of quaternary nitrogens is 1. The number of ether oxygens (including phenoxy) is 1. The van der Waals surface area contributed by atoms with Crippen molar-refractivity contribution in [2.45, 2.75) is 43.6 Å². The summed E-state index contributed by atoms with van der Waals surface area (Å²) >= 11 is 2.78. The Hall–Kier alpha value is -1.99. The van der Waals surface area contributed by atoms with E-state index in [9.17, 15) is 9.90 Å². The van der Waals surface area contributed by atoms with Gasteiger partial charge in [-0.15, -0.1) is 22.7 Å². The number of carbonyl (C=O) groups is 1. The predicted molar refractivity (Wildman–Crippen MR) is 128 cm³/mol. The molecular formula is C26H30NO3S2+. The van der Waals surface area contributed by atoms with E-state index in [0.29, 0.717) is 27.6 Å². The van der Waals surface area contributed by atoms with E-state index in [1.165, 1.54) is 34.7 Å². The van der Waals surface area contributed by atoms with Crippen molar-refractivity contribution in [1.82, 2.24) is 0 Å². The van der Waals surface area contributed by atoms with Crippen molar-refractivity contribution < 1.29 is 19.1 Å². The summed E-state index contributed by atoms with van der Waals surface area (Å²) < 4.78 is 7.04. The molecule has 0 radical (unpaired) electrons. The van der Waals surface area contributed by atoms with Gasteiger partial charge in [-0.2, -0.15) is 0 Å². The van der Waals surface area contributed by atoms with Gasteiger partial charge in [0.25, 0.3) is 0 Å². The molecule has 2 fully saturated rings. The average Bonchev–Trinajstić information content (AvgIpc) is 3.58. The summed E-state index contributed by atoms with van der Waals surface area (Å²) in [4.78, 5) is 14.7. The summed E-state index contributed by atoms with van der Waals surface area (Å²) in [6.07, 6.45) is 3.04. The first-order valence-corrected chi connectivity index (χ1v) is 13.0. The highest BCUT2D eigenvalue weighted by atomic mass is 32.1. The standard InChI is InChI=1S/C26H30NO3S2/c1-27(2,17-18-8-4-3-5-9-18)24-19-12-13-20(24)21(16-19)30-25(28)26(29,22-10-6-14-31-22)23-11-7-15-32-23/h3-11,14-15,19-21,24,29H,12-13,16-17H2,1-2H3/q+1/t19?,20-,21-,24?/m1/s1. The molecule has 2 aliphatic carbocycles. The van der Waals surface area contributed by atoms with Crippen LogP contribution in [0.15, 0.2) is 65.4 Å². The van der Waals surface area contributed by atoms with E-state index in [4.69, 9.17) is 4.74 Å². The Morgan fingerprint density at radius 1 is 1.03 bits per heavy atom. The number of carbonyl (C=O) groups excluding carboxylic acids is 1. The van der Waals surface area contributed by atoms with Crippen LogP contribution in [0.3, 0.4) is 0 Å². The first-order valence-electron chi connectivity index (χ1n) is 11.3. The van der Waals surface area contributed by atoms with Gasteiger partial charge in [0.05, 0.1) is 29.9 Å². The molecule has 4 nitrogen and oxygen atoms in total. The Labute approximate surface area is 197 Å². The Bertz CT molecular complexity index is 1010. The predicted octanol–water partition coefficient (Wildman–Crippen LogP) is 5.03. The van der Waals surface area contributed by atoms with Crippen molar-refractivity contribution in [3.63, 3.8) is 0 Å². The Morgan fingerprint density at radius 3 is 2.28 bits per heavy atom. The van der Waals surface area contributed by atoms with Gasteiger partial charge in [0.1, 0.15) is 12.6 Å². The molecule has 5 rings (SSSR count). The zero-order valence-electron chi connectivity index (χ0n) is 18.5. The van der Waals surface area contributed by atoms with Crippen LogP contribution in [0.1, 0.15) is 34.6 Å². The fraction of sp³-hybridized carbons (Fsp3) is 0.423. The maximum absolute atomic E-state index is 13.5. The van der Waals surface area contributed by atoms with E-state index in [1.54, 1.807) is 0 Å². The van der Waals surface area contributed by atoms with E-state index < -0.39 is 11.6 Å². The number of aliphatic hydroxyl groups is 1. The van der Waals surface area contributed by atoms with Crippen LogP contribution < -0.4 is 0 Å². The summed E-state index contributed by atoms with van der Waals surface area (Å²) in [7, 11) is 4.61. The van der Waals surface area contributed by atoms with Gasteiger partial charge in [0, 0.05) is 17.4 Å². The maximum atomic E-state index is 13.5. The molecule has 0 saturated heterocycles. The number of rotatable bonds is 7. The third-order valence-corrected chi connectivity index (χ3v) is 9.31. The molecule has 1 aromatic carbocycles. The minimum absolute atomic E-state index is 0.133. The first-order chi connectivity index (χ1) is 15.4. The second-order valence-electron chi connectivity index (χ2n) is 9.76. The topological polar surface area (TPSA) is 46.5 Å². The monoisotopic (exact) mass is 468 g/mol. The molecule has 2 saturated carbocycles. The lowest BCUT2D eigenvalue weighted by Crippen LogP contribution is -2.51. The molecule has 0 spiro atoms. The van der Waals surface area contributed by atoms with Gasteiger partial charge >= 0.3 is 5.97 Å². The van der Waals surface area contributed by atoms with Gasteiger partial charge in [-0.3, -0.25) is 0 Å². The van der Waals surface area contributed by atoms with Crippen LogP contribution in [0.25, 0.3) is 0 Å². The number of nitrogens with zero attached hydrogens (tertiary/aromatic N) is 1. The summed E-state index contributed by atoms with van der Waals surface area (Å²) in [5.74, 6) is 0.346. The van der Waals surface area contributed by atoms with Gasteiger partial charge in [0.15, 0.2) is 0 Å². The highest BCUT2D eigenvalue weighted by molar-refractivity contribution is 7.12. The lowest BCUT2D eigenvalue weighted by molar-refractivity contribution is -0.932. The zero-order chi connectivity index (χ0) is 22.3. The normalized spacial score (nSPS) is 25.2.